The predicted molar refractivity (Wildman–Crippen MR) is 98.0 cm³/mol. The summed E-state index contributed by atoms with van der Waals surface area (Å²) in [5.74, 6) is -0.220. The molecule has 0 aliphatic carbocycles. The van der Waals surface area contributed by atoms with E-state index in [1.54, 1.807) is 42.5 Å². The number of nitrogens with one attached hydrogen (secondary N) is 2. The highest BCUT2D eigenvalue weighted by molar-refractivity contribution is 6.35. The number of hydrogen-bond donors (Lipinski definition) is 2. The molecule has 6 heteroatoms. The van der Waals surface area contributed by atoms with E-state index in [2.05, 4.69) is 10.6 Å². The summed E-state index contributed by atoms with van der Waals surface area (Å²) in [7, 11) is 0. The minimum Gasteiger partial charge on any atom is -0.352 e. The monoisotopic (exact) mass is 364 g/mol. The second-order valence-electron chi connectivity index (χ2n) is 5.76. The van der Waals surface area contributed by atoms with Gasteiger partial charge >= 0.3 is 0 Å². The lowest BCUT2D eigenvalue weighted by molar-refractivity contribution is 0.0949. The van der Waals surface area contributed by atoms with Crippen LogP contribution < -0.4 is 10.6 Å². The molecule has 0 heterocycles. The molecule has 2 rings (SSSR count). The zero-order chi connectivity index (χ0) is 17.7. The van der Waals surface area contributed by atoms with Crippen LogP contribution in [-0.2, 0) is 0 Å². The Kier molecular flexibility index (Phi) is 6.23. The molecule has 0 bridgehead atoms. The fourth-order valence-electron chi connectivity index (χ4n) is 1.99. The second kappa shape index (κ2) is 8.18. The van der Waals surface area contributed by atoms with E-state index in [4.69, 9.17) is 23.2 Å². The number of halogens is 2. The zero-order valence-electron chi connectivity index (χ0n) is 13.4. The summed E-state index contributed by atoms with van der Waals surface area (Å²) in [5, 5.41) is 6.37. The van der Waals surface area contributed by atoms with Gasteiger partial charge in [0, 0.05) is 22.7 Å². The molecular weight excluding hydrogens is 347 g/mol. The summed E-state index contributed by atoms with van der Waals surface area (Å²) in [6.07, 6.45) is 0. The molecule has 0 unspecified atom stereocenters. The summed E-state index contributed by atoms with van der Waals surface area (Å²) in [6, 6.07) is 11.3. The summed E-state index contributed by atoms with van der Waals surface area (Å²) in [6.45, 7) is 4.60. The van der Waals surface area contributed by atoms with E-state index in [9.17, 15) is 9.59 Å². The van der Waals surface area contributed by atoms with E-state index in [1.807, 2.05) is 13.8 Å². The van der Waals surface area contributed by atoms with Crippen LogP contribution in [0.15, 0.2) is 42.5 Å². The van der Waals surface area contributed by atoms with Crippen molar-refractivity contribution < 1.29 is 9.59 Å². The van der Waals surface area contributed by atoms with Gasteiger partial charge in [0.25, 0.3) is 11.8 Å². The van der Waals surface area contributed by atoms with Gasteiger partial charge in [-0.2, -0.15) is 0 Å². The highest BCUT2D eigenvalue weighted by Crippen LogP contribution is 2.26. The van der Waals surface area contributed by atoms with Crippen molar-refractivity contribution in [2.24, 2.45) is 5.92 Å². The van der Waals surface area contributed by atoms with E-state index < -0.39 is 0 Å². The normalized spacial score (nSPS) is 10.5. The maximum absolute atomic E-state index is 12.4. The van der Waals surface area contributed by atoms with Gasteiger partial charge in [0.2, 0.25) is 0 Å². The van der Waals surface area contributed by atoms with E-state index >= 15 is 0 Å². The molecule has 126 valence electrons. The average molecular weight is 365 g/mol. The number of hydrogen-bond acceptors (Lipinski definition) is 2. The highest BCUT2D eigenvalue weighted by Gasteiger charge is 2.12. The number of anilines is 1. The van der Waals surface area contributed by atoms with Crippen LogP contribution in [0.3, 0.4) is 0 Å². The standard InChI is InChI=1S/C18H18Cl2N2O2/c1-11(2)10-21-17(23)12-4-3-5-13(8-12)18(24)22-16-9-14(19)6-7-15(16)20/h3-9,11H,10H2,1-2H3,(H,21,23)(H,22,24). The van der Waals surface area contributed by atoms with E-state index in [0.717, 1.165) is 0 Å². The zero-order valence-corrected chi connectivity index (χ0v) is 14.9. The van der Waals surface area contributed by atoms with Crippen LogP contribution in [0.2, 0.25) is 10.0 Å². The van der Waals surface area contributed by atoms with Crippen molar-refractivity contribution in [3.05, 3.63) is 63.6 Å². The fraction of sp³-hybridized carbons (Fsp3) is 0.222. The Labute approximate surface area is 151 Å². The molecule has 0 spiro atoms. The summed E-state index contributed by atoms with van der Waals surface area (Å²) in [5.41, 5.74) is 1.22. The topological polar surface area (TPSA) is 58.2 Å². The van der Waals surface area contributed by atoms with Crippen molar-refractivity contribution in [1.82, 2.24) is 5.32 Å². The third-order valence-electron chi connectivity index (χ3n) is 3.23. The van der Waals surface area contributed by atoms with Crippen molar-refractivity contribution in [2.75, 3.05) is 11.9 Å². The molecule has 2 aromatic carbocycles. The molecule has 0 saturated carbocycles. The minimum absolute atomic E-state index is 0.209. The smallest absolute Gasteiger partial charge is 0.255 e. The number of benzene rings is 2. The Bertz CT molecular complexity index is 760. The second-order valence-corrected chi connectivity index (χ2v) is 6.61. The number of amides is 2. The van der Waals surface area contributed by atoms with E-state index in [1.165, 1.54) is 0 Å². The molecule has 0 radical (unpaired) electrons. The van der Waals surface area contributed by atoms with Gasteiger partial charge in [-0.1, -0.05) is 43.1 Å². The first-order chi connectivity index (χ1) is 11.4. The quantitative estimate of drug-likeness (QED) is 0.812. The van der Waals surface area contributed by atoms with Gasteiger partial charge in [-0.25, -0.2) is 0 Å². The molecule has 24 heavy (non-hydrogen) atoms. The van der Waals surface area contributed by atoms with Gasteiger partial charge < -0.3 is 10.6 Å². The third-order valence-corrected chi connectivity index (χ3v) is 3.80. The lowest BCUT2D eigenvalue weighted by Crippen LogP contribution is -2.27. The first-order valence-corrected chi connectivity index (χ1v) is 8.27. The highest BCUT2D eigenvalue weighted by atomic mass is 35.5. The van der Waals surface area contributed by atoms with Crippen LogP contribution >= 0.6 is 23.2 Å². The van der Waals surface area contributed by atoms with Gasteiger partial charge in [0.15, 0.2) is 0 Å². The molecular formula is C18H18Cl2N2O2. The molecule has 2 amide bonds. The molecule has 0 aliphatic rings. The Hall–Kier alpha value is -2.04. The van der Waals surface area contributed by atoms with Crippen LogP contribution in [0.4, 0.5) is 5.69 Å². The van der Waals surface area contributed by atoms with Gasteiger partial charge in [0.05, 0.1) is 10.7 Å². The maximum atomic E-state index is 12.4. The maximum Gasteiger partial charge on any atom is 0.255 e. The molecule has 0 aliphatic heterocycles. The largest absolute Gasteiger partial charge is 0.352 e. The molecule has 0 saturated heterocycles. The SMILES string of the molecule is CC(C)CNC(=O)c1cccc(C(=O)Nc2cc(Cl)ccc2Cl)c1. The van der Waals surface area contributed by atoms with Crippen molar-refractivity contribution >= 4 is 40.7 Å². The summed E-state index contributed by atoms with van der Waals surface area (Å²) in [4.78, 5) is 24.5. The molecule has 2 N–H and O–H groups in total. The van der Waals surface area contributed by atoms with Crippen LogP contribution in [0.1, 0.15) is 34.6 Å². The molecule has 0 fully saturated rings. The first-order valence-electron chi connectivity index (χ1n) is 7.51. The Morgan fingerprint density at radius 1 is 1.00 bits per heavy atom. The van der Waals surface area contributed by atoms with Crippen molar-refractivity contribution in [1.29, 1.82) is 0 Å². The fourth-order valence-corrected chi connectivity index (χ4v) is 2.33. The molecule has 0 atom stereocenters. The van der Waals surface area contributed by atoms with Crippen LogP contribution in [-0.4, -0.2) is 18.4 Å². The van der Waals surface area contributed by atoms with E-state index in [-0.39, 0.29) is 11.8 Å². The molecule has 0 aromatic heterocycles. The third kappa shape index (κ3) is 4.98. The van der Waals surface area contributed by atoms with Crippen LogP contribution in [0.25, 0.3) is 0 Å². The van der Waals surface area contributed by atoms with Gasteiger partial charge in [-0.15, -0.1) is 0 Å². The first kappa shape index (κ1) is 18.3. The number of rotatable bonds is 5. The van der Waals surface area contributed by atoms with Crippen molar-refractivity contribution in [3.63, 3.8) is 0 Å². The Balaban J connectivity index is 2.14. The number of carbonyl (C=O) groups is 2. The average Bonchev–Trinajstić information content (AvgIpc) is 2.56. The van der Waals surface area contributed by atoms with Crippen molar-refractivity contribution in [3.8, 4) is 0 Å². The Morgan fingerprint density at radius 3 is 2.33 bits per heavy atom. The molecule has 2 aromatic rings. The Morgan fingerprint density at radius 2 is 1.67 bits per heavy atom. The van der Waals surface area contributed by atoms with Crippen molar-refractivity contribution in [2.45, 2.75) is 13.8 Å². The van der Waals surface area contributed by atoms with E-state index in [0.29, 0.717) is 39.3 Å². The van der Waals surface area contributed by atoms with Gasteiger partial charge in [-0.05, 0) is 42.3 Å². The lowest BCUT2D eigenvalue weighted by atomic mass is 10.1. The minimum atomic E-state index is -0.363. The van der Waals surface area contributed by atoms with Gasteiger partial charge in [0.1, 0.15) is 0 Å². The van der Waals surface area contributed by atoms with Crippen LogP contribution in [0.5, 0.6) is 0 Å². The summed E-state index contributed by atoms with van der Waals surface area (Å²) >= 11 is 12.0. The number of carbonyl (C=O) groups excluding carboxylic acids is 2. The predicted octanol–water partition coefficient (Wildman–Crippen LogP) is 4.63. The molecule has 4 nitrogen and oxygen atoms in total. The van der Waals surface area contributed by atoms with Crippen LogP contribution in [0, 0.1) is 5.92 Å². The summed E-state index contributed by atoms with van der Waals surface area (Å²) < 4.78 is 0. The lowest BCUT2D eigenvalue weighted by Gasteiger charge is -2.10. The van der Waals surface area contributed by atoms with Gasteiger partial charge in [-0.3, -0.25) is 9.59 Å².